The van der Waals surface area contributed by atoms with Crippen LogP contribution in [0.25, 0.3) is 0 Å². The van der Waals surface area contributed by atoms with Crippen LogP contribution in [0, 0.1) is 0 Å². The molecule has 0 N–H and O–H groups in total. The van der Waals surface area contributed by atoms with Gasteiger partial charge in [-0.05, 0) is 32.9 Å². The van der Waals surface area contributed by atoms with Crippen molar-refractivity contribution in [3.05, 3.63) is 24.3 Å². The van der Waals surface area contributed by atoms with Gasteiger partial charge in [-0.1, -0.05) is 17.6 Å². The molecule has 1 saturated heterocycles. The maximum Gasteiger partial charge on any atom is 0.410 e. The number of hydrogen-bond donors (Lipinski definition) is 0. The Hall–Kier alpha value is -1.65. The first-order chi connectivity index (χ1) is 9.33. The minimum absolute atomic E-state index is 0.00569. The van der Waals surface area contributed by atoms with Crippen LogP contribution in [0.3, 0.4) is 0 Å². The van der Waals surface area contributed by atoms with Crippen molar-refractivity contribution in [1.29, 1.82) is 0 Å². The number of benzene rings is 1. The third-order valence-corrected chi connectivity index (χ3v) is 2.98. The number of nitrogens with zero attached hydrogens (tertiary/aromatic N) is 1. The fourth-order valence-electron chi connectivity index (χ4n) is 2.06. The van der Waals surface area contributed by atoms with Gasteiger partial charge in [0.15, 0.2) is 0 Å². The van der Waals surface area contributed by atoms with Crippen molar-refractivity contribution in [3.8, 4) is 5.75 Å². The van der Waals surface area contributed by atoms with Gasteiger partial charge in [0.25, 0.3) is 0 Å². The van der Waals surface area contributed by atoms with E-state index in [0.29, 0.717) is 18.6 Å². The lowest BCUT2D eigenvalue weighted by Crippen LogP contribution is -2.36. The molecular formula is C15H20BNO3. The Bertz CT molecular complexity index is 467. The monoisotopic (exact) mass is 273 g/mol. The van der Waals surface area contributed by atoms with Crippen LogP contribution in [0.4, 0.5) is 4.79 Å². The fourth-order valence-corrected chi connectivity index (χ4v) is 2.06. The largest absolute Gasteiger partial charge is 0.489 e. The number of ether oxygens (including phenoxy) is 2. The van der Waals surface area contributed by atoms with E-state index in [2.05, 4.69) is 0 Å². The fraction of sp³-hybridized carbons (Fsp3) is 0.533. The summed E-state index contributed by atoms with van der Waals surface area (Å²) in [7, 11) is 5.63. The summed E-state index contributed by atoms with van der Waals surface area (Å²) in [5.41, 5.74) is 0.242. The summed E-state index contributed by atoms with van der Waals surface area (Å²) in [6, 6.07) is 7.28. The Morgan fingerprint density at radius 2 is 1.95 bits per heavy atom. The topological polar surface area (TPSA) is 38.8 Å². The molecule has 0 aliphatic carbocycles. The molecule has 0 saturated carbocycles. The van der Waals surface area contributed by atoms with Gasteiger partial charge in [0.05, 0.1) is 6.54 Å². The zero-order valence-electron chi connectivity index (χ0n) is 12.3. The molecule has 1 aromatic carbocycles. The van der Waals surface area contributed by atoms with Gasteiger partial charge in [-0.15, -0.1) is 0 Å². The lowest BCUT2D eigenvalue weighted by molar-refractivity contribution is 0.0275. The Morgan fingerprint density at radius 1 is 1.30 bits per heavy atom. The van der Waals surface area contributed by atoms with E-state index in [1.165, 1.54) is 0 Å². The summed E-state index contributed by atoms with van der Waals surface area (Å²) in [5.74, 6) is 0.773. The lowest BCUT2D eigenvalue weighted by Gasteiger charge is -2.24. The lowest BCUT2D eigenvalue weighted by atomic mass is 9.97. The standard InChI is InChI=1S/C15H20BNO3/c1-15(2,3)20-14(18)17-9-8-13(10-17)19-12-6-4-11(16)5-7-12/h4-7,13H,8-10H2,1-3H3/t13-/m0/s1. The molecule has 1 aliphatic rings. The van der Waals surface area contributed by atoms with Crippen LogP contribution in [0.1, 0.15) is 27.2 Å². The van der Waals surface area contributed by atoms with Crippen LogP contribution in [-0.2, 0) is 4.74 Å². The molecule has 2 radical (unpaired) electrons. The molecule has 1 fully saturated rings. The second kappa shape index (κ2) is 5.77. The first kappa shape index (κ1) is 14.8. The van der Waals surface area contributed by atoms with Crippen molar-refractivity contribution in [1.82, 2.24) is 4.90 Å². The van der Waals surface area contributed by atoms with Gasteiger partial charge in [0, 0.05) is 13.0 Å². The molecule has 0 unspecified atom stereocenters. The quantitative estimate of drug-likeness (QED) is 0.772. The van der Waals surface area contributed by atoms with Crippen molar-refractivity contribution in [2.24, 2.45) is 0 Å². The number of carbonyl (C=O) groups is 1. The Morgan fingerprint density at radius 3 is 2.55 bits per heavy atom. The first-order valence-corrected chi connectivity index (χ1v) is 6.83. The normalized spacial score (nSPS) is 18.9. The van der Waals surface area contributed by atoms with Gasteiger partial charge in [0.2, 0.25) is 0 Å². The van der Waals surface area contributed by atoms with E-state index in [0.717, 1.165) is 12.2 Å². The molecule has 1 aliphatic heterocycles. The number of carbonyl (C=O) groups excluding carboxylic acids is 1. The summed E-state index contributed by atoms with van der Waals surface area (Å²) in [4.78, 5) is 13.6. The summed E-state index contributed by atoms with van der Waals surface area (Å²) in [6.45, 7) is 6.81. The molecule has 1 atom stereocenters. The van der Waals surface area contributed by atoms with Crippen LogP contribution >= 0.6 is 0 Å². The SMILES string of the molecule is [B]c1ccc(O[C@H]2CCN(C(=O)OC(C)(C)C)C2)cc1. The minimum atomic E-state index is -0.465. The molecule has 0 spiro atoms. The smallest absolute Gasteiger partial charge is 0.410 e. The molecule has 4 nitrogen and oxygen atoms in total. The highest BCUT2D eigenvalue weighted by molar-refractivity contribution is 6.32. The molecule has 0 aromatic heterocycles. The van der Waals surface area contributed by atoms with E-state index >= 15 is 0 Å². The number of likely N-dealkylation sites (tertiary alicyclic amines) is 1. The van der Waals surface area contributed by atoms with Gasteiger partial charge in [-0.3, -0.25) is 0 Å². The van der Waals surface area contributed by atoms with Gasteiger partial charge >= 0.3 is 6.09 Å². The van der Waals surface area contributed by atoms with Crippen LogP contribution in [0.2, 0.25) is 0 Å². The average Bonchev–Trinajstić information content (AvgIpc) is 2.79. The molecule has 1 heterocycles. The summed E-state index contributed by atoms with van der Waals surface area (Å²) in [6.07, 6.45) is 0.538. The van der Waals surface area contributed by atoms with Gasteiger partial charge < -0.3 is 14.4 Å². The van der Waals surface area contributed by atoms with Crippen molar-refractivity contribution in [2.45, 2.75) is 38.9 Å². The van der Waals surface area contributed by atoms with E-state index in [-0.39, 0.29) is 12.2 Å². The van der Waals surface area contributed by atoms with Crippen LogP contribution in [0.15, 0.2) is 24.3 Å². The predicted molar refractivity (Wildman–Crippen MR) is 78.7 cm³/mol. The van der Waals surface area contributed by atoms with Crippen LogP contribution in [-0.4, -0.2) is 43.6 Å². The Balaban J connectivity index is 1.86. The number of hydrogen-bond acceptors (Lipinski definition) is 3. The van der Waals surface area contributed by atoms with Gasteiger partial charge in [-0.2, -0.15) is 0 Å². The van der Waals surface area contributed by atoms with E-state index in [1.54, 1.807) is 17.0 Å². The molecular weight excluding hydrogens is 253 g/mol. The zero-order chi connectivity index (χ0) is 14.8. The van der Waals surface area contributed by atoms with Crippen molar-refractivity contribution >= 4 is 19.4 Å². The molecule has 1 aromatic rings. The molecule has 20 heavy (non-hydrogen) atoms. The van der Waals surface area contributed by atoms with E-state index < -0.39 is 5.60 Å². The van der Waals surface area contributed by atoms with Crippen molar-refractivity contribution in [3.63, 3.8) is 0 Å². The highest BCUT2D eigenvalue weighted by Crippen LogP contribution is 2.19. The van der Waals surface area contributed by atoms with Gasteiger partial charge in [-0.25, -0.2) is 4.79 Å². The van der Waals surface area contributed by atoms with Crippen LogP contribution < -0.4 is 10.2 Å². The first-order valence-electron chi connectivity index (χ1n) is 6.83. The Kier molecular flexibility index (Phi) is 4.26. The maximum absolute atomic E-state index is 11.9. The van der Waals surface area contributed by atoms with E-state index in [1.807, 2.05) is 32.9 Å². The molecule has 2 rings (SSSR count). The van der Waals surface area contributed by atoms with E-state index in [9.17, 15) is 4.79 Å². The van der Waals surface area contributed by atoms with Gasteiger partial charge in [0.1, 0.15) is 25.3 Å². The molecule has 1 amide bonds. The highest BCUT2D eigenvalue weighted by Gasteiger charge is 2.30. The highest BCUT2D eigenvalue weighted by atomic mass is 16.6. The number of rotatable bonds is 2. The Labute approximate surface area is 121 Å². The molecule has 0 bridgehead atoms. The number of amides is 1. The predicted octanol–water partition coefficient (Wildman–Crippen LogP) is 1.87. The average molecular weight is 273 g/mol. The van der Waals surface area contributed by atoms with Crippen molar-refractivity contribution in [2.75, 3.05) is 13.1 Å². The molecule has 5 heteroatoms. The van der Waals surface area contributed by atoms with Crippen molar-refractivity contribution < 1.29 is 14.3 Å². The third-order valence-electron chi connectivity index (χ3n) is 2.98. The maximum atomic E-state index is 11.9. The zero-order valence-corrected chi connectivity index (χ0v) is 12.3. The summed E-state index contributed by atoms with van der Waals surface area (Å²) in [5, 5.41) is 0. The minimum Gasteiger partial charge on any atom is -0.489 e. The summed E-state index contributed by atoms with van der Waals surface area (Å²) >= 11 is 0. The van der Waals surface area contributed by atoms with E-state index in [4.69, 9.17) is 17.3 Å². The summed E-state index contributed by atoms with van der Waals surface area (Å²) < 4.78 is 11.2. The second-order valence-electron chi connectivity index (χ2n) is 6.02. The third kappa shape index (κ3) is 4.18. The molecule has 106 valence electrons. The second-order valence-corrected chi connectivity index (χ2v) is 6.02. The van der Waals surface area contributed by atoms with Crippen LogP contribution in [0.5, 0.6) is 5.75 Å².